The van der Waals surface area contributed by atoms with E-state index in [1.807, 2.05) is 18.2 Å². The Morgan fingerprint density at radius 1 is 1.12 bits per heavy atom. The maximum atomic E-state index is 12.2. The predicted octanol–water partition coefficient (Wildman–Crippen LogP) is 3.61. The number of aromatic amines is 1. The van der Waals surface area contributed by atoms with Crippen LogP contribution in [0, 0.1) is 0 Å². The molecule has 1 saturated heterocycles. The van der Waals surface area contributed by atoms with Gasteiger partial charge in [0, 0.05) is 22.0 Å². The van der Waals surface area contributed by atoms with E-state index in [0.717, 1.165) is 40.7 Å². The SMILES string of the molecule is C[C@]1(c2ccc(-c3[nH]c4cccc5c4c3CONC5=O)cc2)CCCN1. The second kappa shape index (κ2) is 5.69. The molecule has 1 amide bonds. The molecule has 2 aliphatic heterocycles. The van der Waals surface area contributed by atoms with Crippen molar-refractivity contribution in [3.8, 4) is 11.3 Å². The molecular formula is C21H21N3O2. The summed E-state index contributed by atoms with van der Waals surface area (Å²) in [6, 6.07) is 14.4. The van der Waals surface area contributed by atoms with Gasteiger partial charge in [0.15, 0.2) is 0 Å². The number of benzene rings is 2. The van der Waals surface area contributed by atoms with Gasteiger partial charge in [-0.2, -0.15) is 0 Å². The average Bonchev–Trinajstić information content (AvgIpc) is 3.22. The first-order valence-corrected chi connectivity index (χ1v) is 9.07. The van der Waals surface area contributed by atoms with Gasteiger partial charge in [-0.15, -0.1) is 0 Å². The van der Waals surface area contributed by atoms with E-state index in [4.69, 9.17) is 4.84 Å². The van der Waals surface area contributed by atoms with Crippen LogP contribution in [-0.4, -0.2) is 17.4 Å². The highest BCUT2D eigenvalue weighted by molar-refractivity contribution is 6.09. The first-order chi connectivity index (χ1) is 12.7. The van der Waals surface area contributed by atoms with Gasteiger partial charge in [0.2, 0.25) is 0 Å². The Morgan fingerprint density at radius 3 is 2.73 bits per heavy atom. The van der Waals surface area contributed by atoms with Crippen LogP contribution in [0.5, 0.6) is 0 Å². The van der Waals surface area contributed by atoms with E-state index in [9.17, 15) is 4.79 Å². The maximum Gasteiger partial charge on any atom is 0.275 e. The molecule has 3 aromatic rings. The van der Waals surface area contributed by atoms with E-state index in [-0.39, 0.29) is 11.4 Å². The largest absolute Gasteiger partial charge is 0.354 e. The lowest BCUT2D eigenvalue weighted by Gasteiger charge is -2.25. The first kappa shape index (κ1) is 15.6. The van der Waals surface area contributed by atoms with Gasteiger partial charge in [0.1, 0.15) is 6.61 Å². The van der Waals surface area contributed by atoms with E-state index in [1.54, 1.807) is 0 Å². The number of aromatic nitrogens is 1. The fraction of sp³-hybridized carbons (Fsp3) is 0.286. The van der Waals surface area contributed by atoms with Crippen molar-refractivity contribution in [2.45, 2.75) is 31.9 Å². The topological polar surface area (TPSA) is 66.1 Å². The molecule has 5 heteroatoms. The number of H-pyrrole nitrogens is 1. The van der Waals surface area contributed by atoms with Crippen LogP contribution in [0.2, 0.25) is 0 Å². The van der Waals surface area contributed by atoms with E-state index in [1.165, 1.54) is 12.0 Å². The summed E-state index contributed by atoms with van der Waals surface area (Å²) in [7, 11) is 0. The number of carbonyl (C=O) groups excluding carboxylic acids is 1. The lowest BCUT2D eigenvalue weighted by atomic mass is 9.89. The Kier molecular flexibility index (Phi) is 3.42. The summed E-state index contributed by atoms with van der Waals surface area (Å²) in [6.07, 6.45) is 2.38. The summed E-state index contributed by atoms with van der Waals surface area (Å²) >= 11 is 0. The third-order valence-corrected chi connectivity index (χ3v) is 5.73. The van der Waals surface area contributed by atoms with Crippen molar-refractivity contribution in [3.63, 3.8) is 0 Å². The number of nitrogens with one attached hydrogen (secondary N) is 3. The number of hydroxylamine groups is 1. The quantitative estimate of drug-likeness (QED) is 0.663. The van der Waals surface area contributed by atoms with Crippen molar-refractivity contribution < 1.29 is 9.63 Å². The first-order valence-electron chi connectivity index (χ1n) is 9.07. The van der Waals surface area contributed by atoms with E-state index in [0.29, 0.717) is 12.2 Å². The van der Waals surface area contributed by atoms with Gasteiger partial charge >= 0.3 is 0 Å². The van der Waals surface area contributed by atoms with Crippen molar-refractivity contribution in [1.29, 1.82) is 0 Å². The van der Waals surface area contributed by atoms with Gasteiger partial charge in [-0.1, -0.05) is 30.3 Å². The van der Waals surface area contributed by atoms with Gasteiger partial charge < -0.3 is 10.3 Å². The molecule has 0 unspecified atom stereocenters. The molecule has 3 heterocycles. The number of hydrogen-bond acceptors (Lipinski definition) is 3. The van der Waals surface area contributed by atoms with Crippen LogP contribution in [0.1, 0.15) is 41.3 Å². The maximum absolute atomic E-state index is 12.2. The Morgan fingerprint density at radius 2 is 1.96 bits per heavy atom. The predicted molar refractivity (Wildman–Crippen MR) is 101 cm³/mol. The molecule has 1 atom stereocenters. The number of amides is 1. The van der Waals surface area contributed by atoms with Crippen molar-refractivity contribution >= 4 is 16.8 Å². The van der Waals surface area contributed by atoms with Gasteiger partial charge in [-0.25, -0.2) is 5.48 Å². The third-order valence-electron chi connectivity index (χ3n) is 5.73. The lowest BCUT2D eigenvalue weighted by Crippen LogP contribution is -2.32. The minimum absolute atomic E-state index is 0.0668. The smallest absolute Gasteiger partial charge is 0.275 e. The molecule has 5 rings (SSSR count). The van der Waals surface area contributed by atoms with E-state index < -0.39 is 0 Å². The van der Waals surface area contributed by atoms with Crippen LogP contribution < -0.4 is 10.8 Å². The minimum atomic E-state index is -0.199. The Labute approximate surface area is 151 Å². The number of hydrogen-bond donors (Lipinski definition) is 3. The fourth-order valence-electron chi connectivity index (χ4n) is 4.27. The molecule has 2 aromatic carbocycles. The van der Waals surface area contributed by atoms with Gasteiger partial charge in [-0.3, -0.25) is 9.63 Å². The third kappa shape index (κ3) is 2.28. The standard InChI is InChI=1S/C21H21N3O2/c1-21(10-3-11-22-21)14-8-6-13(7-9-14)19-16-12-26-24-20(25)15-4-2-5-17(23-19)18(15)16/h2,4-9,22-23H,3,10-12H2,1H3,(H,24,25)/t21-/m1/s1. The fourth-order valence-corrected chi connectivity index (χ4v) is 4.27. The second-order valence-electron chi connectivity index (χ2n) is 7.37. The van der Waals surface area contributed by atoms with Crippen molar-refractivity contribution in [3.05, 3.63) is 59.2 Å². The van der Waals surface area contributed by atoms with Gasteiger partial charge in [0.05, 0.1) is 11.3 Å². The molecule has 132 valence electrons. The van der Waals surface area contributed by atoms with Crippen LogP contribution in [0.3, 0.4) is 0 Å². The molecule has 0 saturated carbocycles. The monoisotopic (exact) mass is 347 g/mol. The van der Waals surface area contributed by atoms with Crippen LogP contribution in [0.25, 0.3) is 22.2 Å². The molecule has 2 aliphatic rings. The zero-order valence-corrected chi connectivity index (χ0v) is 14.7. The van der Waals surface area contributed by atoms with E-state index >= 15 is 0 Å². The highest BCUT2D eigenvalue weighted by atomic mass is 16.6. The van der Waals surface area contributed by atoms with Gasteiger partial charge in [0.25, 0.3) is 5.91 Å². The average molecular weight is 347 g/mol. The molecule has 1 aromatic heterocycles. The van der Waals surface area contributed by atoms with Crippen LogP contribution in [0.4, 0.5) is 0 Å². The highest BCUT2D eigenvalue weighted by Gasteiger charge is 2.30. The van der Waals surface area contributed by atoms with Crippen molar-refractivity contribution in [2.75, 3.05) is 6.54 Å². The van der Waals surface area contributed by atoms with Crippen LogP contribution in [0.15, 0.2) is 42.5 Å². The Bertz CT molecular complexity index is 998. The summed E-state index contributed by atoms with van der Waals surface area (Å²) in [5.41, 5.74) is 8.63. The Hall–Kier alpha value is -2.63. The highest BCUT2D eigenvalue weighted by Crippen LogP contribution is 2.36. The van der Waals surface area contributed by atoms with Gasteiger partial charge in [-0.05, 0) is 49.6 Å². The van der Waals surface area contributed by atoms with Crippen LogP contribution in [-0.2, 0) is 17.0 Å². The Balaban J connectivity index is 1.62. The molecule has 26 heavy (non-hydrogen) atoms. The zero-order valence-electron chi connectivity index (χ0n) is 14.7. The van der Waals surface area contributed by atoms with Crippen LogP contribution >= 0.6 is 0 Å². The molecule has 5 nitrogen and oxygen atoms in total. The molecule has 0 aliphatic carbocycles. The number of rotatable bonds is 2. The van der Waals surface area contributed by atoms with Crippen molar-refractivity contribution in [2.24, 2.45) is 0 Å². The molecule has 0 radical (unpaired) electrons. The zero-order chi connectivity index (χ0) is 17.7. The summed E-state index contributed by atoms with van der Waals surface area (Å²) in [4.78, 5) is 21.1. The van der Waals surface area contributed by atoms with Crippen molar-refractivity contribution in [1.82, 2.24) is 15.8 Å². The summed E-state index contributed by atoms with van der Waals surface area (Å²) in [6.45, 7) is 3.69. The molecule has 3 N–H and O–H groups in total. The summed E-state index contributed by atoms with van der Waals surface area (Å²) in [5.74, 6) is -0.199. The summed E-state index contributed by atoms with van der Waals surface area (Å²) < 4.78 is 0. The second-order valence-corrected chi connectivity index (χ2v) is 7.37. The molecular weight excluding hydrogens is 326 g/mol. The molecule has 1 fully saturated rings. The molecule has 0 spiro atoms. The lowest BCUT2D eigenvalue weighted by molar-refractivity contribution is 0.0256. The minimum Gasteiger partial charge on any atom is -0.354 e. The normalized spacial score (nSPS) is 22.4. The molecule has 0 bridgehead atoms. The van der Waals surface area contributed by atoms with E-state index in [2.05, 4.69) is 47.0 Å². The number of carbonyl (C=O) groups is 1. The summed E-state index contributed by atoms with van der Waals surface area (Å²) in [5, 5.41) is 4.56.